The molecule has 0 unspecified atom stereocenters. The third kappa shape index (κ3) is 6.63. The molecule has 0 bridgehead atoms. The van der Waals surface area contributed by atoms with Gasteiger partial charge >= 0.3 is 12.3 Å². The number of piperidine rings is 2. The summed E-state index contributed by atoms with van der Waals surface area (Å²) in [4.78, 5) is 34.5. The van der Waals surface area contributed by atoms with Gasteiger partial charge in [0.2, 0.25) is 5.91 Å². The maximum atomic E-state index is 13.4. The quantitative estimate of drug-likeness (QED) is 0.479. The molecule has 0 N–H and O–H groups in total. The van der Waals surface area contributed by atoms with Crippen LogP contribution in [0.3, 0.4) is 0 Å². The first-order valence-corrected chi connectivity index (χ1v) is 13.8. The number of hydrogen-bond donors (Lipinski definition) is 0. The molecule has 3 saturated heterocycles. The second kappa shape index (κ2) is 10.8. The summed E-state index contributed by atoms with van der Waals surface area (Å²) in [6.07, 6.45) is 0.294. The molecule has 39 heavy (non-hydrogen) atoms. The molecule has 1 aliphatic carbocycles. The van der Waals surface area contributed by atoms with Crippen LogP contribution in [0.2, 0.25) is 0 Å². The molecule has 7 nitrogen and oxygen atoms in total. The van der Waals surface area contributed by atoms with Crippen molar-refractivity contribution < 1.29 is 36.3 Å². The molecule has 5 rings (SSSR count). The molecule has 1 spiro atoms. The van der Waals surface area contributed by atoms with Crippen LogP contribution in [-0.2, 0) is 22.3 Å². The molecule has 0 radical (unpaired) electrons. The highest BCUT2D eigenvalue weighted by Crippen LogP contribution is 2.37. The van der Waals surface area contributed by atoms with E-state index in [0.717, 1.165) is 18.9 Å². The largest absolute Gasteiger partial charge is 0.441 e. The number of aromatic nitrogens is 1. The third-order valence-electron chi connectivity index (χ3n) is 8.81. The third-order valence-corrected chi connectivity index (χ3v) is 8.81. The number of pyridine rings is 1. The Hall–Kier alpha value is -2.50. The van der Waals surface area contributed by atoms with Crippen LogP contribution in [0.5, 0.6) is 0 Å². The molecule has 2 amide bonds. The first-order valence-electron chi connectivity index (χ1n) is 13.8. The van der Waals surface area contributed by atoms with E-state index in [1.165, 1.54) is 12.3 Å². The fourth-order valence-electron chi connectivity index (χ4n) is 6.37. The Balaban J connectivity index is 1.05. The topological polar surface area (TPSA) is 66.0 Å². The Morgan fingerprint density at radius 1 is 1.00 bits per heavy atom. The molecule has 12 heteroatoms. The summed E-state index contributed by atoms with van der Waals surface area (Å²) in [7, 11) is 0. The van der Waals surface area contributed by atoms with Gasteiger partial charge in [-0.2, -0.15) is 13.2 Å². The van der Waals surface area contributed by atoms with Gasteiger partial charge in [0.25, 0.3) is 5.92 Å². The van der Waals surface area contributed by atoms with E-state index >= 15 is 0 Å². The maximum Gasteiger partial charge on any atom is 0.433 e. The molecule has 0 aromatic carbocycles. The van der Waals surface area contributed by atoms with E-state index in [4.69, 9.17) is 4.74 Å². The highest BCUT2D eigenvalue weighted by Gasteiger charge is 2.47. The number of nitrogens with zero attached hydrogens (tertiary/aromatic N) is 4. The van der Waals surface area contributed by atoms with Crippen molar-refractivity contribution in [1.29, 1.82) is 0 Å². The molecule has 0 atom stereocenters. The van der Waals surface area contributed by atoms with Crippen molar-refractivity contribution in [2.24, 2.45) is 11.8 Å². The standard InChI is InChI=1S/C27H35F5N4O3/c28-26(29)9-13-35(14-10-26)23(37)21-4-1-19(2-5-21)17-36-18-25(39-24(36)38)7-11-34(12-8-25)16-20-3-6-22(33-15-20)27(30,31)32/h3,6,15,19,21H,1-2,4-5,7-14,16-18H2/t19-,21-. The molecule has 4 heterocycles. The van der Waals surface area contributed by atoms with E-state index in [1.807, 2.05) is 0 Å². The molecular weight excluding hydrogens is 523 g/mol. The van der Waals surface area contributed by atoms with E-state index in [9.17, 15) is 31.5 Å². The summed E-state index contributed by atoms with van der Waals surface area (Å²) in [5.74, 6) is -2.54. The van der Waals surface area contributed by atoms with Gasteiger partial charge in [0, 0.05) is 77.1 Å². The van der Waals surface area contributed by atoms with Crippen LogP contribution in [0.1, 0.15) is 62.6 Å². The Morgan fingerprint density at radius 2 is 1.67 bits per heavy atom. The number of alkyl halides is 5. The van der Waals surface area contributed by atoms with Crippen LogP contribution < -0.4 is 0 Å². The van der Waals surface area contributed by atoms with Crippen LogP contribution in [0, 0.1) is 11.8 Å². The van der Waals surface area contributed by atoms with Crippen molar-refractivity contribution in [2.75, 3.05) is 39.3 Å². The van der Waals surface area contributed by atoms with Crippen molar-refractivity contribution >= 4 is 12.0 Å². The number of carbonyl (C=O) groups excluding carboxylic acids is 2. The number of likely N-dealkylation sites (tertiary alicyclic amines) is 2. The maximum absolute atomic E-state index is 13.4. The second-order valence-electron chi connectivity index (χ2n) is 11.7. The van der Waals surface area contributed by atoms with Gasteiger partial charge in [0.1, 0.15) is 11.3 Å². The van der Waals surface area contributed by atoms with Crippen LogP contribution >= 0.6 is 0 Å². The van der Waals surface area contributed by atoms with Gasteiger partial charge in [0.05, 0.1) is 6.54 Å². The zero-order chi connectivity index (χ0) is 27.8. The summed E-state index contributed by atoms with van der Waals surface area (Å²) in [6.45, 7) is 3.15. The van der Waals surface area contributed by atoms with E-state index in [-0.39, 0.29) is 49.8 Å². The fourth-order valence-corrected chi connectivity index (χ4v) is 6.37. The number of ether oxygens (including phenoxy) is 1. The Bertz CT molecular complexity index is 1020. The lowest BCUT2D eigenvalue weighted by Gasteiger charge is -2.38. The first-order chi connectivity index (χ1) is 18.4. The minimum atomic E-state index is -4.46. The smallest absolute Gasteiger partial charge is 0.433 e. The zero-order valence-electron chi connectivity index (χ0n) is 21.9. The van der Waals surface area contributed by atoms with Crippen molar-refractivity contribution in [1.82, 2.24) is 19.7 Å². The normalized spacial score (nSPS) is 27.6. The number of carbonyl (C=O) groups is 2. The summed E-state index contributed by atoms with van der Waals surface area (Å²) in [5, 5.41) is 0. The molecule has 3 aliphatic heterocycles. The summed E-state index contributed by atoms with van der Waals surface area (Å²) in [6, 6.07) is 2.44. The summed E-state index contributed by atoms with van der Waals surface area (Å²) >= 11 is 0. The van der Waals surface area contributed by atoms with Gasteiger partial charge in [-0.3, -0.25) is 14.7 Å². The molecule has 1 aromatic rings. The molecule has 4 fully saturated rings. The van der Waals surface area contributed by atoms with Gasteiger partial charge in [0.15, 0.2) is 0 Å². The fraction of sp³-hybridized carbons (Fsp3) is 0.741. The molecule has 1 aromatic heterocycles. The van der Waals surface area contributed by atoms with Crippen molar-refractivity contribution in [3.05, 3.63) is 29.6 Å². The van der Waals surface area contributed by atoms with E-state index < -0.39 is 23.4 Å². The lowest BCUT2D eigenvalue weighted by molar-refractivity contribution is -0.143. The summed E-state index contributed by atoms with van der Waals surface area (Å²) in [5.41, 5.74) is -0.748. The van der Waals surface area contributed by atoms with Crippen LogP contribution in [0.15, 0.2) is 18.3 Å². The number of rotatable bonds is 5. The predicted octanol–water partition coefficient (Wildman–Crippen LogP) is 4.95. The van der Waals surface area contributed by atoms with Crippen LogP contribution in [-0.4, -0.2) is 82.5 Å². The Labute approximate surface area is 224 Å². The Kier molecular flexibility index (Phi) is 7.78. The minimum Gasteiger partial charge on any atom is -0.441 e. The summed E-state index contributed by atoms with van der Waals surface area (Å²) < 4.78 is 70.9. The van der Waals surface area contributed by atoms with E-state index in [2.05, 4.69) is 9.88 Å². The number of halogens is 5. The molecule has 1 saturated carbocycles. The van der Waals surface area contributed by atoms with Crippen molar-refractivity contribution in [3.8, 4) is 0 Å². The average Bonchev–Trinajstić information content (AvgIpc) is 3.19. The molecular formula is C27H35F5N4O3. The number of amides is 2. The second-order valence-corrected chi connectivity index (χ2v) is 11.7. The zero-order valence-corrected chi connectivity index (χ0v) is 21.9. The highest BCUT2D eigenvalue weighted by molar-refractivity contribution is 5.79. The minimum absolute atomic E-state index is 0.0117. The lowest BCUT2D eigenvalue weighted by Crippen LogP contribution is -2.47. The van der Waals surface area contributed by atoms with Crippen molar-refractivity contribution in [2.45, 2.75) is 75.6 Å². The molecule has 216 valence electrons. The van der Waals surface area contributed by atoms with Crippen molar-refractivity contribution in [3.63, 3.8) is 0 Å². The monoisotopic (exact) mass is 558 g/mol. The van der Waals surface area contributed by atoms with Gasteiger partial charge in [-0.15, -0.1) is 0 Å². The lowest BCUT2D eigenvalue weighted by atomic mass is 9.80. The van der Waals surface area contributed by atoms with E-state index in [0.29, 0.717) is 64.0 Å². The predicted molar refractivity (Wildman–Crippen MR) is 131 cm³/mol. The average molecular weight is 559 g/mol. The highest BCUT2D eigenvalue weighted by atomic mass is 19.4. The van der Waals surface area contributed by atoms with Gasteiger partial charge in [-0.05, 0) is 43.2 Å². The van der Waals surface area contributed by atoms with E-state index in [1.54, 1.807) is 9.80 Å². The van der Waals surface area contributed by atoms with Gasteiger partial charge in [-0.1, -0.05) is 6.07 Å². The number of hydrogen-bond acceptors (Lipinski definition) is 5. The Morgan fingerprint density at radius 3 is 2.26 bits per heavy atom. The van der Waals surface area contributed by atoms with Gasteiger partial charge in [-0.25, -0.2) is 13.6 Å². The first kappa shape index (κ1) is 28.0. The molecule has 4 aliphatic rings. The van der Waals surface area contributed by atoms with Crippen LogP contribution in [0.25, 0.3) is 0 Å². The van der Waals surface area contributed by atoms with Crippen LogP contribution in [0.4, 0.5) is 26.7 Å². The van der Waals surface area contributed by atoms with Gasteiger partial charge < -0.3 is 14.5 Å². The SMILES string of the molecule is O=C1OC2(CCN(Cc3ccc(C(F)(F)F)nc3)CC2)CN1C[C@H]1CC[C@H](C(=O)N2CCC(F)(F)CC2)CC1.